The van der Waals surface area contributed by atoms with Gasteiger partial charge >= 0.3 is 0 Å². The van der Waals surface area contributed by atoms with Gasteiger partial charge in [-0.2, -0.15) is 0 Å². The highest BCUT2D eigenvalue weighted by molar-refractivity contribution is 14.1. The molecule has 0 saturated carbocycles. The smallest absolute Gasteiger partial charge is 0.249 e. The number of anilines is 1. The standard InChI is InChI=1S/C17H25IN6O4/c1-5-6-20-12-11-13(23-16(18)22-12)24(8-21-11)15-10(28-17(2,3)26)7-9(27-15)14(25)19-4/h8-10,15,26H,5-7H2,1-4H3,(H,19,25)(H,20,22,23)/t9-,10+,15+/m0/s1. The summed E-state index contributed by atoms with van der Waals surface area (Å²) in [6, 6.07) is 0. The van der Waals surface area contributed by atoms with E-state index in [1.165, 1.54) is 0 Å². The van der Waals surface area contributed by atoms with E-state index in [4.69, 9.17) is 9.47 Å². The van der Waals surface area contributed by atoms with Gasteiger partial charge in [-0.25, -0.2) is 15.0 Å². The zero-order chi connectivity index (χ0) is 20.5. The lowest BCUT2D eigenvalue weighted by molar-refractivity contribution is -0.222. The van der Waals surface area contributed by atoms with Crippen molar-refractivity contribution in [1.82, 2.24) is 24.8 Å². The van der Waals surface area contributed by atoms with Crippen molar-refractivity contribution < 1.29 is 19.4 Å². The normalized spacial score (nSPS) is 22.6. The van der Waals surface area contributed by atoms with E-state index >= 15 is 0 Å². The molecular weight excluding hydrogens is 479 g/mol. The molecule has 0 spiro atoms. The van der Waals surface area contributed by atoms with Gasteiger partial charge in [0.05, 0.1) is 6.33 Å². The summed E-state index contributed by atoms with van der Waals surface area (Å²) in [6.07, 6.45) is 0.937. The zero-order valence-electron chi connectivity index (χ0n) is 16.3. The summed E-state index contributed by atoms with van der Waals surface area (Å²) in [5.74, 6) is -0.973. The topological polar surface area (TPSA) is 123 Å². The number of amides is 1. The minimum atomic E-state index is -1.38. The van der Waals surface area contributed by atoms with Gasteiger partial charge in [0.25, 0.3) is 0 Å². The number of aromatic nitrogens is 4. The molecule has 3 rings (SSSR count). The number of fused-ring (bicyclic) bond motifs is 1. The zero-order valence-corrected chi connectivity index (χ0v) is 18.4. The predicted molar refractivity (Wildman–Crippen MR) is 111 cm³/mol. The molecule has 2 aromatic heterocycles. The van der Waals surface area contributed by atoms with Crippen LogP contribution in [-0.2, 0) is 14.3 Å². The molecule has 2 aromatic rings. The highest BCUT2D eigenvalue weighted by Crippen LogP contribution is 2.36. The number of imidazole rings is 1. The first kappa shape index (κ1) is 21.1. The molecule has 10 nitrogen and oxygen atoms in total. The van der Waals surface area contributed by atoms with E-state index in [-0.39, 0.29) is 5.91 Å². The number of carbonyl (C=O) groups is 1. The highest BCUT2D eigenvalue weighted by Gasteiger charge is 2.43. The Labute approximate surface area is 176 Å². The van der Waals surface area contributed by atoms with Gasteiger partial charge in [-0.05, 0) is 20.3 Å². The number of nitrogens with zero attached hydrogens (tertiary/aromatic N) is 4. The molecule has 0 aliphatic carbocycles. The van der Waals surface area contributed by atoms with Crippen LogP contribution in [0.4, 0.5) is 5.82 Å². The van der Waals surface area contributed by atoms with Gasteiger partial charge in [-0.3, -0.25) is 9.36 Å². The van der Waals surface area contributed by atoms with Crippen molar-refractivity contribution in [3.05, 3.63) is 10.2 Å². The maximum Gasteiger partial charge on any atom is 0.249 e. The van der Waals surface area contributed by atoms with Crippen LogP contribution in [0, 0.1) is 3.83 Å². The van der Waals surface area contributed by atoms with Crippen LogP contribution in [0.25, 0.3) is 11.2 Å². The van der Waals surface area contributed by atoms with Crippen molar-refractivity contribution in [1.29, 1.82) is 0 Å². The van der Waals surface area contributed by atoms with Gasteiger partial charge in [0, 0.05) is 42.6 Å². The van der Waals surface area contributed by atoms with Crippen molar-refractivity contribution >= 4 is 45.5 Å². The Morgan fingerprint density at radius 1 is 1.50 bits per heavy atom. The van der Waals surface area contributed by atoms with Crippen LogP contribution in [0.15, 0.2) is 6.33 Å². The molecule has 1 amide bonds. The Balaban J connectivity index is 2.00. The Morgan fingerprint density at radius 2 is 2.25 bits per heavy atom. The van der Waals surface area contributed by atoms with Crippen LogP contribution in [-0.4, -0.2) is 62.1 Å². The van der Waals surface area contributed by atoms with Crippen molar-refractivity contribution in [2.45, 2.75) is 57.8 Å². The monoisotopic (exact) mass is 504 g/mol. The Morgan fingerprint density at radius 3 is 2.89 bits per heavy atom. The molecule has 3 N–H and O–H groups in total. The number of aliphatic hydroxyl groups is 1. The first-order valence-electron chi connectivity index (χ1n) is 9.14. The average Bonchev–Trinajstić information content (AvgIpc) is 3.21. The second-order valence-corrected chi connectivity index (χ2v) is 8.03. The fraction of sp³-hybridized carbons (Fsp3) is 0.647. The SMILES string of the molecule is CCCNc1nc(I)nc2c1ncn2[C@@H]1O[C@H](C(=O)NC)C[C@H]1OC(C)(C)O. The van der Waals surface area contributed by atoms with Crippen LogP contribution in [0.1, 0.15) is 39.8 Å². The Bertz CT molecular complexity index is 852. The molecule has 0 radical (unpaired) electrons. The quantitative estimate of drug-likeness (QED) is 0.294. The number of carbonyl (C=O) groups excluding carboxylic acids is 1. The summed E-state index contributed by atoms with van der Waals surface area (Å²) >= 11 is 2.05. The van der Waals surface area contributed by atoms with E-state index in [1.54, 1.807) is 31.8 Å². The molecule has 1 aliphatic heterocycles. The molecule has 28 heavy (non-hydrogen) atoms. The molecule has 1 aliphatic rings. The van der Waals surface area contributed by atoms with Crippen molar-refractivity contribution in [3.63, 3.8) is 0 Å². The first-order chi connectivity index (χ1) is 13.2. The number of ether oxygens (including phenoxy) is 2. The van der Waals surface area contributed by atoms with E-state index < -0.39 is 24.2 Å². The third kappa shape index (κ3) is 4.53. The number of rotatable bonds is 7. The first-order valence-corrected chi connectivity index (χ1v) is 10.2. The van der Waals surface area contributed by atoms with Gasteiger partial charge in [0.15, 0.2) is 32.8 Å². The van der Waals surface area contributed by atoms with E-state index in [2.05, 4.69) is 55.1 Å². The molecular formula is C17H25IN6O4. The number of nitrogens with one attached hydrogen (secondary N) is 2. The van der Waals surface area contributed by atoms with Gasteiger partial charge in [0.2, 0.25) is 5.91 Å². The minimum Gasteiger partial charge on any atom is -0.368 e. The maximum absolute atomic E-state index is 12.1. The van der Waals surface area contributed by atoms with Crippen LogP contribution in [0.3, 0.4) is 0 Å². The lowest BCUT2D eigenvalue weighted by Crippen LogP contribution is -2.34. The largest absolute Gasteiger partial charge is 0.368 e. The Kier molecular flexibility index (Phi) is 6.37. The molecule has 3 atom stereocenters. The predicted octanol–water partition coefficient (Wildman–Crippen LogP) is 1.40. The van der Waals surface area contributed by atoms with Crippen molar-refractivity contribution in [3.8, 4) is 0 Å². The summed E-state index contributed by atoms with van der Waals surface area (Å²) in [5, 5.41) is 16.0. The highest BCUT2D eigenvalue weighted by atomic mass is 127. The summed E-state index contributed by atoms with van der Waals surface area (Å²) in [5.41, 5.74) is 1.19. The number of hydrogen-bond donors (Lipinski definition) is 3. The lowest BCUT2D eigenvalue weighted by atomic mass is 10.1. The molecule has 154 valence electrons. The third-order valence-electron chi connectivity index (χ3n) is 4.26. The van der Waals surface area contributed by atoms with Crippen LogP contribution in [0.2, 0.25) is 0 Å². The van der Waals surface area contributed by atoms with Crippen LogP contribution < -0.4 is 10.6 Å². The molecule has 0 unspecified atom stereocenters. The van der Waals surface area contributed by atoms with Gasteiger partial charge in [0.1, 0.15) is 12.2 Å². The maximum atomic E-state index is 12.1. The lowest BCUT2D eigenvalue weighted by Gasteiger charge is -2.27. The number of likely N-dealkylation sites (N-methyl/N-ethyl adjacent to an activating group) is 1. The molecule has 11 heteroatoms. The van der Waals surface area contributed by atoms with E-state index in [9.17, 15) is 9.90 Å². The minimum absolute atomic E-state index is 0.245. The van der Waals surface area contributed by atoms with Gasteiger partial charge < -0.3 is 25.2 Å². The van der Waals surface area contributed by atoms with Crippen molar-refractivity contribution in [2.75, 3.05) is 18.9 Å². The molecule has 1 saturated heterocycles. The summed E-state index contributed by atoms with van der Waals surface area (Å²) in [7, 11) is 1.55. The third-order valence-corrected chi connectivity index (χ3v) is 4.74. The van der Waals surface area contributed by atoms with E-state index in [0.29, 0.717) is 27.2 Å². The fourth-order valence-corrected chi connectivity index (χ4v) is 3.60. The molecule has 0 bridgehead atoms. The second kappa shape index (κ2) is 8.43. The second-order valence-electron chi connectivity index (χ2n) is 7.06. The average molecular weight is 504 g/mol. The molecule has 0 aromatic carbocycles. The van der Waals surface area contributed by atoms with Crippen molar-refractivity contribution in [2.24, 2.45) is 0 Å². The van der Waals surface area contributed by atoms with Crippen LogP contribution in [0.5, 0.6) is 0 Å². The molecule has 3 heterocycles. The number of halogens is 1. The van der Waals surface area contributed by atoms with Gasteiger partial charge in [-0.1, -0.05) is 6.92 Å². The van der Waals surface area contributed by atoms with Gasteiger partial charge in [-0.15, -0.1) is 0 Å². The number of hydrogen-bond acceptors (Lipinski definition) is 8. The molecule has 1 fully saturated rings. The summed E-state index contributed by atoms with van der Waals surface area (Å²) < 4.78 is 14.0. The summed E-state index contributed by atoms with van der Waals surface area (Å²) in [6.45, 7) is 5.92. The van der Waals surface area contributed by atoms with Crippen LogP contribution >= 0.6 is 22.6 Å². The fourth-order valence-electron chi connectivity index (χ4n) is 3.13. The Hall–Kier alpha value is -1.57. The summed E-state index contributed by atoms with van der Waals surface area (Å²) in [4.78, 5) is 25.5. The van der Waals surface area contributed by atoms with E-state index in [0.717, 1.165) is 13.0 Å². The van der Waals surface area contributed by atoms with E-state index in [1.807, 2.05) is 0 Å².